The Morgan fingerprint density at radius 3 is 2.88 bits per heavy atom. The van der Waals surface area contributed by atoms with Crippen molar-refractivity contribution in [2.24, 2.45) is 0 Å². The first-order valence-corrected chi connectivity index (χ1v) is 6.22. The molecule has 0 radical (unpaired) electrons. The summed E-state index contributed by atoms with van der Waals surface area (Å²) >= 11 is 6.15. The highest BCUT2D eigenvalue weighted by Crippen LogP contribution is 2.20. The molecule has 2 heterocycles. The number of nitrogens with one attached hydrogen (secondary N) is 1. The van der Waals surface area contributed by atoms with E-state index in [1.165, 1.54) is 0 Å². The predicted octanol–water partition coefficient (Wildman–Crippen LogP) is 0.480. The second-order valence-electron chi connectivity index (χ2n) is 4.66. The first-order chi connectivity index (χ1) is 8.11. The Bertz CT molecular complexity index is 382. The SMILES string of the molecule is Cc1[nH]nc(CN2CCN(C)[C@H](CO)C2)c1Cl. The maximum atomic E-state index is 9.29. The lowest BCUT2D eigenvalue weighted by Crippen LogP contribution is -2.52. The maximum Gasteiger partial charge on any atom is 0.0951 e. The highest BCUT2D eigenvalue weighted by atomic mass is 35.5. The topological polar surface area (TPSA) is 55.4 Å². The molecule has 1 saturated heterocycles. The number of nitrogens with zero attached hydrogens (tertiary/aromatic N) is 3. The van der Waals surface area contributed by atoms with Crippen molar-refractivity contribution in [3.05, 3.63) is 16.4 Å². The Kier molecular flexibility index (Phi) is 4.04. The van der Waals surface area contributed by atoms with Gasteiger partial charge in [0.25, 0.3) is 0 Å². The van der Waals surface area contributed by atoms with Gasteiger partial charge in [-0.2, -0.15) is 5.10 Å². The molecule has 5 nitrogen and oxygen atoms in total. The number of piperazine rings is 1. The minimum atomic E-state index is 0.195. The number of H-pyrrole nitrogens is 1. The summed E-state index contributed by atoms with van der Waals surface area (Å²) in [5, 5.41) is 17.1. The Labute approximate surface area is 106 Å². The highest BCUT2D eigenvalue weighted by Gasteiger charge is 2.24. The van der Waals surface area contributed by atoms with E-state index in [1.807, 2.05) is 14.0 Å². The third-order valence-corrected chi connectivity index (χ3v) is 3.89. The molecule has 0 unspecified atom stereocenters. The smallest absolute Gasteiger partial charge is 0.0951 e. The van der Waals surface area contributed by atoms with Crippen LogP contribution < -0.4 is 0 Å². The molecule has 2 rings (SSSR count). The van der Waals surface area contributed by atoms with Gasteiger partial charge in [-0.1, -0.05) is 11.6 Å². The second kappa shape index (κ2) is 5.35. The van der Waals surface area contributed by atoms with Crippen LogP contribution in [-0.4, -0.2) is 64.4 Å². The van der Waals surface area contributed by atoms with Crippen LogP contribution in [0.25, 0.3) is 0 Å². The molecule has 1 aliphatic rings. The summed E-state index contributed by atoms with van der Waals surface area (Å²) in [6.45, 7) is 5.66. The summed E-state index contributed by atoms with van der Waals surface area (Å²) in [5.74, 6) is 0. The van der Waals surface area contributed by atoms with Crippen LogP contribution in [0.3, 0.4) is 0 Å². The number of aromatic amines is 1. The van der Waals surface area contributed by atoms with Crippen molar-refractivity contribution >= 4 is 11.6 Å². The number of likely N-dealkylation sites (N-methyl/N-ethyl adjacent to an activating group) is 1. The molecule has 0 bridgehead atoms. The lowest BCUT2D eigenvalue weighted by atomic mass is 10.2. The molecule has 1 fully saturated rings. The van der Waals surface area contributed by atoms with Crippen LogP contribution in [0.4, 0.5) is 0 Å². The molecule has 0 spiro atoms. The van der Waals surface area contributed by atoms with Crippen LogP contribution in [0.15, 0.2) is 0 Å². The molecule has 0 aromatic carbocycles. The van der Waals surface area contributed by atoms with E-state index >= 15 is 0 Å². The van der Waals surface area contributed by atoms with Crippen molar-refractivity contribution in [1.29, 1.82) is 0 Å². The Hall–Kier alpha value is -0.620. The molecule has 0 amide bonds. The van der Waals surface area contributed by atoms with Gasteiger partial charge in [0.15, 0.2) is 0 Å². The summed E-state index contributed by atoms with van der Waals surface area (Å²) in [7, 11) is 2.05. The number of rotatable bonds is 3. The molecule has 96 valence electrons. The minimum absolute atomic E-state index is 0.195. The van der Waals surface area contributed by atoms with Gasteiger partial charge in [0.2, 0.25) is 0 Å². The lowest BCUT2D eigenvalue weighted by Gasteiger charge is -2.38. The van der Waals surface area contributed by atoms with Crippen molar-refractivity contribution in [2.75, 3.05) is 33.3 Å². The van der Waals surface area contributed by atoms with Crippen LogP contribution in [-0.2, 0) is 6.54 Å². The summed E-state index contributed by atoms with van der Waals surface area (Å²) < 4.78 is 0. The third kappa shape index (κ3) is 2.80. The monoisotopic (exact) mass is 258 g/mol. The van der Waals surface area contributed by atoms with Gasteiger partial charge in [-0.3, -0.25) is 14.9 Å². The molecule has 1 atom stereocenters. The molecule has 0 saturated carbocycles. The van der Waals surface area contributed by atoms with E-state index in [1.54, 1.807) is 0 Å². The molecular formula is C11H19ClN4O. The van der Waals surface area contributed by atoms with E-state index in [9.17, 15) is 5.11 Å². The van der Waals surface area contributed by atoms with Gasteiger partial charge in [0.05, 0.1) is 23.0 Å². The van der Waals surface area contributed by atoms with E-state index in [-0.39, 0.29) is 12.6 Å². The van der Waals surface area contributed by atoms with Gasteiger partial charge in [0.1, 0.15) is 0 Å². The van der Waals surface area contributed by atoms with E-state index in [2.05, 4.69) is 20.0 Å². The van der Waals surface area contributed by atoms with Crippen LogP contribution in [0, 0.1) is 6.92 Å². The first kappa shape index (κ1) is 12.8. The summed E-state index contributed by atoms with van der Waals surface area (Å²) in [6.07, 6.45) is 0. The van der Waals surface area contributed by atoms with Crippen LogP contribution in [0.5, 0.6) is 0 Å². The van der Waals surface area contributed by atoms with Crippen LogP contribution in [0.1, 0.15) is 11.4 Å². The maximum absolute atomic E-state index is 9.29. The fraction of sp³-hybridized carbons (Fsp3) is 0.727. The van der Waals surface area contributed by atoms with Gasteiger partial charge in [-0.15, -0.1) is 0 Å². The standard InChI is InChI=1S/C11H19ClN4O/c1-8-11(12)10(14-13-8)6-16-4-3-15(2)9(5-16)7-17/h9,17H,3-7H2,1-2H3,(H,13,14)/t9-/m0/s1. The zero-order valence-corrected chi connectivity index (χ0v) is 11.0. The largest absolute Gasteiger partial charge is 0.395 e. The van der Waals surface area contributed by atoms with Gasteiger partial charge < -0.3 is 5.11 Å². The van der Waals surface area contributed by atoms with Gasteiger partial charge in [0, 0.05) is 32.2 Å². The number of aryl methyl sites for hydroxylation is 1. The molecule has 1 aromatic rings. The molecule has 6 heteroatoms. The number of aromatic nitrogens is 2. The van der Waals surface area contributed by atoms with E-state index in [0.717, 1.165) is 42.6 Å². The zero-order valence-electron chi connectivity index (χ0n) is 10.3. The van der Waals surface area contributed by atoms with Gasteiger partial charge in [-0.05, 0) is 14.0 Å². The van der Waals surface area contributed by atoms with Crippen molar-refractivity contribution in [3.63, 3.8) is 0 Å². The molecular weight excluding hydrogens is 240 g/mol. The first-order valence-electron chi connectivity index (χ1n) is 5.84. The van der Waals surface area contributed by atoms with Gasteiger partial charge in [-0.25, -0.2) is 0 Å². The minimum Gasteiger partial charge on any atom is -0.395 e. The van der Waals surface area contributed by atoms with E-state index in [0.29, 0.717) is 0 Å². The molecule has 17 heavy (non-hydrogen) atoms. The molecule has 1 aliphatic heterocycles. The second-order valence-corrected chi connectivity index (χ2v) is 5.04. The van der Waals surface area contributed by atoms with Crippen molar-refractivity contribution in [3.8, 4) is 0 Å². The highest BCUT2D eigenvalue weighted by molar-refractivity contribution is 6.31. The Morgan fingerprint density at radius 1 is 1.53 bits per heavy atom. The van der Waals surface area contributed by atoms with Crippen molar-refractivity contribution < 1.29 is 5.11 Å². The summed E-state index contributed by atoms with van der Waals surface area (Å²) in [4.78, 5) is 4.47. The number of aliphatic hydroxyl groups excluding tert-OH is 1. The number of hydrogen-bond acceptors (Lipinski definition) is 4. The molecule has 0 aliphatic carbocycles. The average Bonchev–Trinajstić information content (AvgIpc) is 2.63. The van der Waals surface area contributed by atoms with Crippen molar-refractivity contribution in [2.45, 2.75) is 19.5 Å². The number of aliphatic hydroxyl groups is 1. The third-order valence-electron chi connectivity index (χ3n) is 3.39. The van der Waals surface area contributed by atoms with Crippen LogP contribution >= 0.6 is 11.6 Å². The average molecular weight is 259 g/mol. The predicted molar refractivity (Wildman–Crippen MR) is 67.1 cm³/mol. The fourth-order valence-electron chi connectivity index (χ4n) is 2.13. The van der Waals surface area contributed by atoms with E-state index < -0.39 is 0 Å². The Morgan fingerprint density at radius 2 is 2.29 bits per heavy atom. The van der Waals surface area contributed by atoms with Gasteiger partial charge >= 0.3 is 0 Å². The lowest BCUT2D eigenvalue weighted by molar-refractivity contribution is 0.0534. The molecule has 2 N–H and O–H groups in total. The van der Waals surface area contributed by atoms with E-state index in [4.69, 9.17) is 11.6 Å². The van der Waals surface area contributed by atoms with Crippen LogP contribution in [0.2, 0.25) is 5.02 Å². The molecule has 1 aromatic heterocycles. The number of hydrogen-bond donors (Lipinski definition) is 2. The quantitative estimate of drug-likeness (QED) is 0.828. The zero-order chi connectivity index (χ0) is 12.4. The Balaban J connectivity index is 1.98. The summed E-state index contributed by atoms with van der Waals surface area (Å²) in [6, 6.07) is 0.211. The summed E-state index contributed by atoms with van der Waals surface area (Å²) in [5.41, 5.74) is 1.81. The normalized spacial score (nSPS) is 23.2. The number of halogens is 1. The van der Waals surface area contributed by atoms with Crippen molar-refractivity contribution in [1.82, 2.24) is 20.0 Å². The fourth-order valence-corrected chi connectivity index (χ4v) is 2.28.